The second-order valence-electron chi connectivity index (χ2n) is 6.31. The first kappa shape index (κ1) is 20.3. The van der Waals surface area contributed by atoms with E-state index in [-0.39, 0.29) is 4.90 Å². The van der Waals surface area contributed by atoms with Crippen molar-refractivity contribution in [3.63, 3.8) is 0 Å². The molecule has 1 fully saturated rings. The van der Waals surface area contributed by atoms with Gasteiger partial charge in [-0.05, 0) is 48.9 Å². The van der Waals surface area contributed by atoms with Crippen LogP contribution >= 0.6 is 23.2 Å². The van der Waals surface area contributed by atoms with Gasteiger partial charge in [0.25, 0.3) is 0 Å². The van der Waals surface area contributed by atoms with Crippen molar-refractivity contribution in [1.29, 1.82) is 0 Å². The maximum atomic E-state index is 12.9. The third-order valence-electron chi connectivity index (χ3n) is 4.42. The summed E-state index contributed by atoms with van der Waals surface area (Å²) in [6.07, 6.45) is 0.904. The lowest BCUT2D eigenvalue weighted by Crippen LogP contribution is -2.48. The van der Waals surface area contributed by atoms with Gasteiger partial charge in [0.15, 0.2) is 0 Å². The van der Waals surface area contributed by atoms with Gasteiger partial charge in [0.1, 0.15) is 5.75 Å². The van der Waals surface area contributed by atoms with E-state index in [2.05, 4.69) is 4.90 Å². The van der Waals surface area contributed by atoms with Crippen LogP contribution in [0.15, 0.2) is 47.4 Å². The molecule has 0 bridgehead atoms. The number of ether oxygens (including phenoxy) is 1. The molecule has 0 atom stereocenters. The molecule has 2 aromatic carbocycles. The standard InChI is InChI=1S/C19H22Cl2N2O3S/c1-2-13-26-16-4-6-17(7-5-16)27(24,25)23-11-9-22(10-12-23)19-14-15(20)3-8-18(19)21/h3-8,14H,2,9-13H2,1H3. The van der Waals surface area contributed by atoms with E-state index in [4.69, 9.17) is 27.9 Å². The maximum absolute atomic E-state index is 12.9. The zero-order valence-electron chi connectivity index (χ0n) is 15.1. The summed E-state index contributed by atoms with van der Waals surface area (Å²) >= 11 is 12.3. The molecular weight excluding hydrogens is 407 g/mol. The van der Waals surface area contributed by atoms with Crippen molar-refractivity contribution in [2.75, 3.05) is 37.7 Å². The van der Waals surface area contributed by atoms with E-state index in [1.807, 2.05) is 13.0 Å². The van der Waals surface area contributed by atoms with Crippen molar-refractivity contribution in [2.45, 2.75) is 18.2 Å². The summed E-state index contributed by atoms with van der Waals surface area (Å²) < 4.78 is 32.8. The van der Waals surface area contributed by atoms with Crippen molar-refractivity contribution in [2.24, 2.45) is 0 Å². The average Bonchev–Trinajstić information content (AvgIpc) is 2.68. The lowest BCUT2D eigenvalue weighted by atomic mass is 10.2. The molecule has 1 aliphatic heterocycles. The fourth-order valence-electron chi connectivity index (χ4n) is 2.97. The van der Waals surface area contributed by atoms with Crippen molar-refractivity contribution in [1.82, 2.24) is 4.31 Å². The third-order valence-corrected chi connectivity index (χ3v) is 6.89. The Morgan fingerprint density at radius 1 is 1.00 bits per heavy atom. The molecule has 146 valence electrons. The third kappa shape index (κ3) is 4.69. The van der Waals surface area contributed by atoms with E-state index < -0.39 is 10.0 Å². The largest absolute Gasteiger partial charge is 0.494 e. The number of hydrogen-bond acceptors (Lipinski definition) is 4. The van der Waals surface area contributed by atoms with Gasteiger partial charge in [0.05, 0.1) is 22.2 Å². The molecule has 0 spiro atoms. The van der Waals surface area contributed by atoms with E-state index in [1.165, 1.54) is 4.31 Å². The number of sulfonamides is 1. The Morgan fingerprint density at radius 2 is 1.67 bits per heavy atom. The number of anilines is 1. The molecule has 8 heteroatoms. The predicted octanol–water partition coefficient (Wildman–Crippen LogP) is 4.29. The molecule has 0 unspecified atom stereocenters. The maximum Gasteiger partial charge on any atom is 0.243 e. The average molecular weight is 429 g/mol. The van der Waals surface area contributed by atoms with Crippen molar-refractivity contribution in [3.8, 4) is 5.75 Å². The summed E-state index contributed by atoms with van der Waals surface area (Å²) in [5, 5.41) is 1.22. The topological polar surface area (TPSA) is 49.9 Å². The van der Waals surface area contributed by atoms with E-state index >= 15 is 0 Å². The van der Waals surface area contributed by atoms with Crippen LogP contribution in [0.2, 0.25) is 10.0 Å². The summed E-state index contributed by atoms with van der Waals surface area (Å²) in [7, 11) is -3.53. The van der Waals surface area contributed by atoms with Gasteiger partial charge in [-0.25, -0.2) is 8.42 Å². The van der Waals surface area contributed by atoms with Gasteiger partial charge < -0.3 is 9.64 Å². The first-order valence-electron chi connectivity index (χ1n) is 8.85. The van der Waals surface area contributed by atoms with E-state index in [9.17, 15) is 8.42 Å². The molecule has 1 saturated heterocycles. The highest BCUT2D eigenvalue weighted by Gasteiger charge is 2.29. The molecule has 0 N–H and O–H groups in total. The molecule has 0 aromatic heterocycles. The van der Waals surface area contributed by atoms with Crippen LogP contribution in [0.4, 0.5) is 5.69 Å². The summed E-state index contributed by atoms with van der Waals surface area (Å²) in [6, 6.07) is 11.9. The highest BCUT2D eigenvalue weighted by molar-refractivity contribution is 7.89. The molecule has 1 aliphatic rings. The Hall–Kier alpha value is -1.47. The van der Waals surface area contributed by atoms with E-state index in [0.29, 0.717) is 48.6 Å². The minimum absolute atomic E-state index is 0.278. The summed E-state index contributed by atoms with van der Waals surface area (Å²) in [5.74, 6) is 0.677. The zero-order valence-corrected chi connectivity index (χ0v) is 17.4. The van der Waals surface area contributed by atoms with Gasteiger partial charge in [0.2, 0.25) is 10.0 Å². The first-order chi connectivity index (χ1) is 12.9. The van der Waals surface area contributed by atoms with Crippen molar-refractivity contribution >= 4 is 38.9 Å². The highest BCUT2D eigenvalue weighted by atomic mass is 35.5. The SMILES string of the molecule is CCCOc1ccc(S(=O)(=O)N2CCN(c3cc(Cl)ccc3Cl)CC2)cc1. The van der Waals surface area contributed by atoms with Crippen LogP contribution in [0.25, 0.3) is 0 Å². The molecule has 2 aromatic rings. The number of rotatable bonds is 6. The zero-order chi connectivity index (χ0) is 19.4. The number of hydrogen-bond donors (Lipinski definition) is 0. The second kappa shape index (κ2) is 8.69. The quantitative estimate of drug-likeness (QED) is 0.688. The molecular formula is C19H22Cl2N2O3S. The lowest BCUT2D eigenvalue weighted by molar-refractivity contribution is 0.317. The summed E-state index contributed by atoms with van der Waals surface area (Å²) in [4.78, 5) is 2.34. The molecule has 0 aliphatic carbocycles. The van der Waals surface area contributed by atoms with Crippen molar-refractivity contribution in [3.05, 3.63) is 52.5 Å². The van der Waals surface area contributed by atoms with E-state index in [1.54, 1.807) is 36.4 Å². The Labute approximate surface area is 170 Å². The molecule has 0 radical (unpaired) electrons. The molecule has 0 amide bonds. The van der Waals surface area contributed by atoms with Crippen LogP contribution in [0.1, 0.15) is 13.3 Å². The number of piperazine rings is 1. The van der Waals surface area contributed by atoms with Gasteiger partial charge in [-0.2, -0.15) is 4.31 Å². The van der Waals surface area contributed by atoms with Crippen LogP contribution in [0, 0.1) is 0 Å². The Bertz CT molecular complexity index is 880. The Kier molecular flexibility index (Phi) is 6.52. The molecule has 5 nitrogen and oxygen atoms in total. The molecule has 1 heterocycles. The summed E-state index contributed by atoms with van der Waals surface area (Å²) in [6.45, 7) is 4.52. The lowest BCUT2D eigenvalue weighted by Gasteiger charge is -2.35. The minimum Gasteiger partial charge on any atom is -0.494 e. The van der Waals surface area contributed by atoms with E-state index in [0.717, 1.165) is 12.1 Å². The Morgan fingerprint density at radius 3 is 2.30 bits per heavy atom. The fourth-order valence-corrected chi connectivity index (χ4v) is 4.80. The minimum atomic E-state index is -3.53. The fraction of sp³-hybridized carbons (Fsp3) is 0.368. The smallest absolute Gasteiger partial charge is 0.243 e. The number of nitrogens with zero attached hydrogens (tertiary/aromatic N) is 2. The second-order valence-corrected chi connectivity index (χ2v) is 9.09. The summed E-state index contributed by atoms with van der Waals surface area (Å²) in [5.41, 5.74) is 0.832. The van der Waals surface area contributed by atoms with Crippen LogP contribution < -0.4 is 9.64 Å². The van der Waals surface area contributed by atoms with Gasteiger partial charge in [0, 0.05) is 31.2 Å². The van der Waals surface area contributed by atoms with Gasteiger partial charge >= 0.3 is 0 Å². The van der Waals surface area contributed by atoms with Crippen LogP contribution in [-0.2, 0) is 10.0 Å². The highest BCUT2D eigenvalue weighted by Crippen LogP contribution is 2.30. The van der Waals surface area contributed by atoms with Crippen LogP contribution in [0.3, 0.4) is 0 Å². The first-order valence-corrected chi connectivity index (χ1v) is 11.0. The molecule has 27 heavy (non-hydrogen) atoms. The van der Waals surface area contributed by atoms with Crippen molar-refractivity contribution < 1.29 is 13.2 Å². The monoisotopic (exact) mass is 428 g/mol. The predicted molar refractivity (Wildman–Crippen MR) is 110 cm³/mol. The Balaban J connectivity index is 1.68. The van der Waals surface area contributed by atoms with Crippen LogP contribution in [0.5, 0.6) is 5.75 Å². The molecule has 3 rings (SSSR count). The number of benzene rings is 2. The number of halogens is 2. The van der Waals surface area contributed by atoms with Gasteiger partial charge in [-0.1, -0.05) is 30.1 Å². The van der Waals surface area contributed by atoms with Gasteiger partial charge in [-0.3, -0.25) is 0 Å². The normalized spacial score (nSPS) is 15.7. The van der Waals surface area contributed by atoms with Crippen LogP contribution in [-0.4, -0.2) is 45.5 Å². The van der Waals surface area contributed by atoms with Gasteiger partial charge in [-0.15, -0.1) is 0 Å². The molecule has 0 saturated carbocycles.